The Morgan fingerprint density at radius 2 is 1.61 bits per heavy atom. The number of methoxy groups -OCH3 is 2. The fraction of sp³-hybridized carbons (Fsp3) is 0.381. The lowest BCUT2D eigenvalue weighted by Crippen LogP contribution is -2.15. The molecule has 0 saturated carbocycles. The number of rotatable bonds is 3. The van der Waals surface area contributed by atoms with Gasteiger partial charge in [-0.25, -0.2) is 0 Å². The third-order valence-corrected chi connectivity index (χ3v) is 4.16. The zero-order valence-corrected chi connectivity index (χ0v) is 18.6. The Balaban J connectivity index is 0.000000921. The van der Waals surface area contributed by atoms with Crippen LogP contribution in [-0.2, 0) is 9.53 Å². The van der Waals surface area contributed by atoms with Crippen molar-refractivity contribution >= 4 is 34.8 Å². The minimum atomic E-state index is -0.583. The highest BCUT2D eigenvalue weighted by atomic mass is 35.5. The van der Waals surface area contributed by atoms with Crippen LogP contribution in [0, 0.1) is 0 Å². The third-order valence-electron chi connectivity index (χ3n) is 3.71. The SMILES string of the molecule is CC.CC.COc1cc(Cl)cc([C@H]2OCC(=O)Nc3ccc(Cl)cc32)c1OC. The number of hydrogen-bond acceptors (Lipinski definition) is 4. The zero-order valence-electron chi connectivity index (χ0n) is 17.1. The molecule has 1 N–H and O–H groups in total. The molecule has 2 aromatic rings. The van der Waals surface area contributed by atoms with Crippen LogP contribution in [0.4, 0.5) is 5.69 Å². The van der Waals surface area contributed by atoms with Crippen molar-refractivity contribution in [3.8, 4) is 11.5 Å². The van der Waals surface area contributed by atoms with E-state index in [2.05, 4.69) is 5.32 Å². The molecule has 0 aromatic heterocycles. The molecular weight excluding hydrogens is 401 g/mol. The number of halogens is 2. The largest absolute Gasteiger partial charge is 0.493 e. The van der Waals surface area contributed by atoms with Crippen LogP contribution in [-0.4, -0.2) is 26.7 Å². The third kappa shape index (κ3) is 5.53. The first-order valence-electron chi connectivity index (χ1n) is 9.15. The van der Waals surface area contributed by atoms with Crippen LogP contribution in [0.2, 0.25) is 10.0 Å². The lowest BCUT2D eigenvalue weighted by Gasteiger charge is -2.22. The molecule has 0 saturated heterocycles. The number of amides is 1. The number of hydrogen-bond donors (Lipinski definition) is 1. The Morgan fingerprint density at radius 3 is 2.21 bits per heavy atom. The molecule has 154 valence electrons. The van der Waals surface area contributed by atoms with Crippen LogP contribution in [0.25, 0.3) is 0 Å². The van der Waals surface area contributed by atoms with Gasteiger partial charge < -0.3 is 19.5 Å². The molecule has 0 fully saturated rings. The molecule has 1 atom stereocenters. The average Bonchev–Trinajstić information content (AvgIpc) is 2.88. The van der Waals surface area contributed by atoms with E-state index in [1.807, 2.05) is 27.7 Å². The molecular formula is C21H27Cl2NO4. The summed E-state index contributed by atoms with van der Waals surface area (Å²) >= 11 is 12.3. The lowest BCUT2D eigenvalue weighted by molar-refractivity contribution is -0.121. The molecule has 2 aromatic carbocycles. The minimum absolute atomic E-state index is 0.102. The van der Waals surface area contributed by atoms with Crippen molar-refractivity contribution in [1.82, 2.24) is 0 Å². The van der Waals surface area contributed by atoms with Crippen LogP contribution in [0.3, 0.4) is 0 Å². The van der Waals surface area contributed by atoms with Crippen molar-refractivity contribution < 1.29 is 19.0 Å². The summed E-state index contributed by atoms with van der Waals surface area (Å²) in [6.07, 6.45) is -0.583. The highest BCUT2D eigenvalue weighted by molar-refractivity contribution is 6.31. The van der Waals surface area contributed by atoms with E-state index >= 15 is 0 Å². The summed E-state index contributed by atoms with van der Waals surface area (Å²) < 4.78 is 16.6. The maximum Gasteiger partial charge on any atom is 0.250 e. The van der Waals surface area contributed by atoms with Crippen LogP contribution < -0.4 is 14.8 Å². The van der Waals surface area contributed by atoms with E-state index < -0.39 is 6.10 Å². The van der Waals surface area contributed by atoms with Crippen molar-refractivity contribution in [2.75, 3.05) is 26.1 Å². The Morgan fingerprint density at radius 1 is 0.964 bits per heavy atom. The molecule has 0 unspecified atom stereocenters. The summed E-state index contributed by atoms with van der Waals surface area (Å²) in [6, 6.07) is 8.58. The number of anilines is 1. The van der Waals surface area contributed by atoms with E-state index in [1.165, 1.54) is 14.2 Å². The van der Waals surface area contributed by atoms with Gasteiger partial charge in [0.25, 0.3) is 0 Å². The van der Waals surface area contributed by atoms with Gasteiger partial charge in [0.1, 0.15) is 12.7 Å². The Labute approximate surface area is 176 Å². The Hall–Kier alpha value is -1.95. The molecule has 0 radical (unpaired) electrons. The first-order chi connectivity index (χ1) is 13.5. The van der Waals surface area contributed by atoms with Gasteiger partial charge >= 0.3 is 0 Å². The molecule has 1 aliphatic heterocycles. The van der Waals surface area contributed by atoms with E-state index in [1.54, 1.807) is 30.3 Å². The van der Waals surface area contributed by atoms with Crippen molar-refractivity contribution in [3.63, 3.8) is 0 Å². The van der Waals surface area contributed by atoms with Crippen LogP contribution >= 0.6 is 23.2 Å². The average molecular weight is 428 g/mol. The summed E-state index contributed by atoms with van der Waals surface area (Å²) in [5, 5.41) is 3.81. The van der Waals surface area contributed by atoms with Crippen LogP contribution in [0.15, 0.2) is 30.3 Å². The molecule has 28 heavy (non-hydrogen) atoms. The maximum absolute atomic E-state index is 11.9. The number of ether oxygens (including phenoxy) is 3. The Bertz CT molecular complexity index is 796. The number of carbonyl (C=O) groups is 1. The van der Waals surface area contributed by atoms with Gasteiger partial charge in [0.15, 0.2) is 11.5 Å². The highest BCUT2D eigenvalue weighted by Gasteiger charge is 2.28. The summed E-state index contributed by atoms with van der Waals surface area (Å²) in [5.41, 5.74) is 2.01. The van der Waals surface area contributed by atoms with Gasteiger partial charge in [-0.3, -0.25) is 4.79 Å². The molecule has 5 nitrogen and oxygen atoms in total. The van der Waals surface area contributed by atoms with Crippen LogP contribution in [0.5, 0.6) is 11.5 Å². The van der Waals surface area contributed by atoms with Crippen molar-refractivity contribution in [2.24, 2.45) is 0 Å². The van der Waals surface area contributed by atoms with E-state index in [0.717, 1.165) is 5.56 Å². The summed E-state index contributed by atoms with van der Waals surface area (Å²) in [7, 11) is 3.07. The normalized spacial score (nSPS) is 14.9. The van der Waals surface area contributed by atoms with E-state index in [0.29, 0.717) is 32.8 Å². The predicted molar refractivity (Wildman–Crippen MR) is 115 cm³/mol. The predicted octanol–water partition coefficient (Wildman–Crippen LogP) is 6.12. The fourth-order valence-corrected chi connectivity index (χ4v) is 3.11. The molecule has 1 aliphatic rings. The van der Waals surface area contributed by atoms with Crippen LogP contribution in [0.1, 0.15) is 44.9 Å². The second-order valence-electron chi connectivity index (χ2n) is 5.20. The first kappa shape index (κ1) is 24.1. The standard InChI is InChI=1S/C17H15Cl2NO4.2C2H6/c1-22-14-7-10(19)6-12(17(14)23-2)16-11-5-9(18)3-4-13(11)20-15(21)8-24-16;2*1-2/h3-7,16H,8H2,1-2H3,(H,20,21);2*1-2H3/t16-;;/m0../s1. The highest BCUT2D eigenvalue weighted by Crippen LogP contribution is 2.44. The van der Waals surface area contributed by atoms with Gasteiger partial charge in [-0.15, -0.1) is 0 Å². The summed E-state index contributed by atoms with van der Waals surface area (Å²) in [5.74, 6) is 0.733. The van der Waals surface area contributed by atoms with Gasteiger partial charge in [-0.2, -0.15) is 0 Å². The number of nitrogens with one attached hydrogen (secondary N) is 1. The zero-order chi connectivity index (χ0) is 21.3. The van der Waals surface area contributed by atoms with Crippen molar-refractivity contribution in [2.45, 2.75) is 33.8 Å². The van der Waals surface area contributed by atoms with Gasteiger partial charge in [-0.1, -0.05) is 50.9 Å². The molecule has 0 spiro atoms. The molecule has 0 bridgehead atoms. The minimum Gasteiger partial charge on any atom is -0.493 e. The lowest BCUT2D eigenvalue weighted by atomic mass is 9.98. The monoisotopic (exact) mass is 427 g/mol. The fourth-order valence-electron chi connectivity index (χ4n) is 2.71. The second kappa shape index (κ2) is 11.8. The Kier molecular flexibility index (Phi) is 10.1. The molecule has 0 aliphatic carbocycles. The van der Waals surface area contributed by atoms with Gasteiger partial charge in [0.05, 0.1) is 14.2 Å². The van der Waals surface area contributed by atoms with Gasteiger partial charge in [-0.05, 0) is 24.3 Å². The topological polar surface area (TPSA) is 56.8 Å². The van der Waals surface area contributed by atoms with E-state index in [9.17, 15) is 4.79 Å². The molecule has 7 heteroatoms. The second-order valence-corrected chi connectivity index (χ2v) is 6.07. The smallest absolute Gasteiger partial charge is 0.250 e. The van der Waals surface area contributed by atoms with E-state index in [-0.39, 0.29) is 12.5 Å². The number of benzene rings is 2. The first-order valence-corrected chi connectivity index (χ1v) is 9.91. The summed E-state index contributed by atoms with van der Waals surface area (Å²) in [6.45, 7) is 7.90. The van der Waals surface area contributed by atoms with Gasteiger partial charge in [0.2, 0.25) is 5.91 Å². The van der Waals surface area contributed by atoms with E-state index in [4.69, 9.17) is 37.4 Å². The molecule has 1 heterocycles. The van der Waals surface area contributed by atoms with Crippen molar-refractivity contribution in [1.29, 1.82) is 0 Å². The number of fused-ring (bicyclic) bond motifs is 1. The van der Waals surface area contributed by atoms with Crippen molar-refractivity contribution in [3.05, 3.63) is 51.5 Å². The van der Waals surface area contributed by atoms with Gasteiger partial charge in [0, 0.05) is 32.9 Å². The molecule has 1 amide bonds. The molecule has 3 rings (SSSR count). The number of carbonyl (C=O) groups excluding carboxylic acids is 1. The summed E-state index contributed by atoms with van der Waals surface area (Å²) in [4.78, 5) is 11.9. The maximum atomic E-state index is 11.9. The quantitative estimate of drug-likeness (QED) is 0.640.